The molecule has 0 aliphatic rings. The maximum atomic E-state index is 14.6. The molecule has 0 atom stereocenters. The highest BCUT2D eigenvalue weighted by Crippen LogP contribution is 2.43. The summed E-state index contributed by atoms with van der Waals surface area (Å²) in [5, 5.41) is 9.94. The number of hydrogen-bond acceptors (Lipinski definition) is 4. The van der Waals surface area contributed by atoms with Crippen LogP contribution in [0.5, 0.6) is 0 Å². The first-order valence-corrected chi connectivity index (χ1v) is 20.1. The smallest absolute Gasteiger partial charge is 0.255 e. The summed E-state index contributed by atoms with van der Waals surface area (Å²) in [6, 6.07) is 58.1. The molecule has 2 amide bonds. The molecule has 7 aromatic rings. The van der Waals surface area contributed by atoms with Crippen LogP contribution in [0.1, 0.15) is 20.7 Å². The minimum Gasteiger partial charge on any atom is -0.322 e. The van der Waals surface area contributed by atoms with Crippen molar-refractivity contribution < 1.29 is 18.7 Å². The molecule has 0 aromatic heterocycles. The Labute approximate surface area is 303 Å². The lowest BCUT2D eigenvalue weighted by molar-refractivity contribution is 0.101. The molecule has 0 bridgehead atoms. The number of benzene rings is 7. The van der Waals surface area contributed by atoms with Crippen LogP contribution in [0.15, 0.2) is 194 Å². The van der Waals surface area contributed by atoms with E-state index < -0.39 is 14.3 Å². The van der Waals surface area contributed by atoms with E-state index in [4.69, 9.17) is 0 Å². The van der Waals surface area contributed by atoms with E-state index in [1.165, 1.54) is 0 Å². The van der Waals surface area contributed by atoms with Crippen molar-refractivity contribution in [2.24, 2.45) is 0 Å². The Kier molecular flexibility index (Phi) is 9.95. The second-order valence-corrected chi connectivity index (χ2v) is 17.7. The molecule has 0 saturated heterocycles. The molecule has 254 valence electrons. The van der Waals surface area contributed by atoms with Crippen LogP contribution in [0.3, 0.4) is 0 Å². The van der Waals surface area contributed by atoms with Gasteiger partial charge in [0.05, 0.1) is 0 Å². The minimum atomic E-state index is -3.15. The van der Waals surface area contributed by atoms with Gasteiger partial charge in [0.15, 0.2) is 14.3 Å². The summed E-state index contributed by atoms with van der Waals surface area (Å²) in [5.41, 5.74) is 1.93. The predicted octanol–water partition coefficient (Wildman–Crippen LogP) is 7.47. The molecular weight excluding hydrogens is 682 g/mol. The predicted molar refractivity (Wildman–Crippen MR) is 214 cm³/mol. The summed E-state index contributed by atoms with van der Waals surface area (Å²) in [6.45, 7) is 0. The van der Waals surface area contributed by atoms with Crippen molar-refractivity contribution in [3.8, 4) is 0 Å². The molecule has 0 radical (unpaired) electrons. The molecule has 0 heterocycles. The van der Waals surface area contributed by atoms with Crippen LogP contribution in [0.2, 0.25) is 0 Å². The van der Waals surface area contributed by atoms with E-state index in [0.717, 1.165) is 21.2 Å². The molecule has 0 fully saturated rings. The van der Waals surface area contributed by atoms with Crippen molar-refractivity contribution >= 4 is 69.3 Å². The fraction of sp³-hybridized carbons (Fsp3) is 0. The molecule has 0 aliphatic carbocycles. The lowest BCUT2D eigenvalue weighted by Crippen LogP contribution is -2.25. The summed E-state index contributed by atoms with van der Waals surface area (Å²) < 4.78 is 29.2. The molecular formula is C44H34N2O4P2. The number of carbonyl (C=O) groups is 2. The Morgan fingerprint density at radius 2 is 0.538 bits per heavy atom. The Hall–Kier alpha value is -6.06. The summed E-state index contributed by atoms with van der Waals surface area (Å²) in [5.74, 6) is -0.637. The van der Waals surface area contributed by atoms with Crippen molar-refractivity contribution in [3.63, 3.8) is 0 Å². The third-order valence-corrected chi connectivity index (χ3v) is 15.0. The van der Waals surface area contributed by atoms with Crippen LogP contribution in [0.25, 0.3) is 0 Å². The first-order valence-electron chi connectivity index (χ1n) is 16.7. The van der Waals surface area contributed by atoms with Crippen molar-refractivity contribution in [1.29, 1.82) is 0 Å². The van der Waals surface area contributed by atoms with Crippen LogP contribution in [-0.2, 0) is 9.13 Å². The second kappa shape index (κ2) is 15.0. The van der Waals surface area contributed by atoms with Gasteiger partial charge in [0.2, 0.25) is 0 Å². The topological polar surface area (TPSA) is 92.3 Å². The monoisotopic (exact) mass is 716 g/mol. The third kappa shape index (κ3) is 6.95. The Morgan fingerprint density at radius 3 is 0.788 bits per heavy atom. The molecule has 6 nitrogen and oxygen atoms in total. The lowest BCUT2D eigenvalue weighted by atomic mass is 10.2. The zero-order valence-corrected chi connectivity index (χ0v) is 29.8. The molecule has 0 saturated carbocycles. The van der Waals surface area contributed by atoms with Gasteiger partial charge in [-0.05, 0) is 48.5 Å². The lowest BCUT2D eigenvalue weighted by Gasteiger charge is -2.20. The maximum absolute atomic E-state index is 14.6. The van der Waals surface area contributed by atoms with E-state index in [0.29, 0.717) is 33.1 Å². The second-order valence-electron chi connectivity index (χ2n) is 12.1. The Morgan fingerprint density at radius 1 is 0.308 bits per heavy atom. The third-order valence-electron chi connectivity index (χ3n) is 8.87. The molecule has 0 aliphatic heterocycles. The summed E-state index contributed by atoms with van der Waals surface area (Å²) in [6.07, 6.45) is 0. The van der Waals surface area contributed by atoms with Crippen LogP contribution < -0.4 is 42.5 Å². The number of anilines is 2. The fourth-order valence-corrected chi connectivity index (χ4v) is 11.4. The first kappa shape index (κ1) is 34.4. The van der Waals surface area contributed by atoms with Crippen molar-refractivity contribution in [2.45, 2.75) is 0 Å². The largest absolute Gasteiger partial charge is 0.322 e. The van der Waals surface area contributed by atoms with E-state index in [9.17, 15) is 18.7 Å². The Bertz CT molecular complexity index is 2140. The normalized spacial score (nSPS) is 11.4. The average Bonchev–Trinajstić information content (AvgIpc) is 3.22. The van der Waals surface area contributed by atoms with Gasteiger partial charge in [-0.15, -0.1) is 0 Å². The number of nitrogens with one attached hydrogen (secondary N) is 2. The van der Waals surface area contributed by atoms with Gasteiger partial charge in [-0.25, -0.2) is 0 Å². The van der Waals surface area contributed by atoms with Crippen molar-refractivity contribution in [2.75, 3.05) is 10.6 Å². The molecule has 8 heteroatoms. The summed E-state index contributed by atoms with van der Waals surface area (Å²) in [7, 11) is -6.29. The van der Waals surface area contributed by atoms with Crippen molar-refractivity contribution in [1.82, 2.24) is 0 Å². The first-order chi connectivity index (χ1) is 25.4. The molecule has 2 N–H and O–H groups in total. The van der Waals surface area contributed by atoms with Gasteiger partial charge in [-0.1, -0.05) is 146 Å². The fourth-order valence-electron chi connectivity index (χ4n) is 6.14. The highest BCUT2D eigenvalue weighted by molar-refractivity contribution is 7.85. The van der Waals surface area contributed by atoms with Crippen molar-refractivity contribution in [3.05, 3.63) is 205 Å². The van der Waals surface area contributed by atoms with Gasteiger partial charge in [-0.2, -0.15) is 0 Å². The van der Waals surface area contributed by atoms with E-state index in [1.807, 2.05) is 121 Å². The molecule has 0 unspecified atom stereocenters. The SMILES string of the molecule is O=C(Nc1ccc(NC(=O)c2ccc(P(=O)(c3ccccc3)c3ccccc3)cc2)cc1)c1ccc(P(=O)(c2ccccc2)c2ccccc2)cc1. The number of hydrogen-bond donors (Lipinski definition) is 2. The van der Waals surface area contributed by atoms with E-state index in [1.54, 1.807) is 72.8 Å². The zero-order valence-electron chi connectivity index (χ0n) is 28.0. The minimum absolute atomic E-state index is 0.319. The van der Waals surface area contributed by atoms with Crippen LogP contribution in [0.4, 0.5) is 11.4 Å². The zero-order chi connectivity index (χ0) is 36.0. The quantitative estimate of drug-likeness (QED) is 0.144. The average molecular weight is 717 g/mol. The molecule has 0 spiro atoms. The maximum Gasteiger partial charge on any atom is 0.255 e. The van der Waals surface area contributed by atoms with Crippen LogP contribution in [0, 0.1) is 0 Å². The number of carbonyl (C=O) groups excluding carboxylic acids is 2. The van der Waals surface area contributed by atoms with E-state index >= 15 is 0 Å². The number of amides is 2. The molecule has 7 rings (SSSR count). The Balaban J connectivity index is 1.02. The summed E-state index contributed by atoms with van der Waals surface area (Å²) >= 11 is 0. The molecule has 7 aromatic carbocycles. The van der Waals surface area contributed by atoms with Gasteiger partial charge in [0, 0.05) is 54.3 Å². The van der Waals surface area contributed by atoms with Crippen LogP contribution in [-0.4, -0.2) is 11.8 Å². The highest BCUT2D eigenvalue weighted by Gasteiger charge is 2.31. The molecule has 52 heavy (non-hydrogen) atoms. The standard InChI is InChI=1S/C44H34N2O4P2/c47-43(33-21-29-41(30-22-33)51(49,37-13-5-1-6-14-37)38-15-7-2-8-16-38)45-35-25-27-36(28-26-35)46-44(48)34-23-31-42(32-24-34)52(50,39-17-9-3-10-18-39)40-19-11-4-12-20-40/h1-32H,(H,45,47)(H,46,48). The van der Waals surface area contributed by atoms with Gasteiger partial charge < -0.3 is 19.8 Å². The summed E-state index contributed by atoms with van der Waals surface area (Å²) in [4.78, 5) is 26.3. The van der Waals surface area contributed by atoms with Gasteiger partial charge in [0.25, 0.3) is 11.8 Å². The van der Waals surface area contributed by atoms with E-state index in [-0.39, 0.29) is 11.8 Å². The highest BCUT2D eigenvalue weighted by atomic mass is 31.2. The van der Waals surface area contributed by atoms with Gasteiger partial charge in [0.1, 0.15) is 0 Å². The van der Waals surface area contributed by atoms with Gasteiger partial charge in [-0.3, -0.25) is 9.59 Å². The van der Waals surface area contributed by atoms with Gasteiger partial charge >= 0.3 is 0 Å². The van der Waals surface area contributed by atoms with Crippen LogP contribution >= 0.6 is 14.3 Å². The number of rotatable bonds is 10. The van der Waals surface area contributed by atoms with E-state index in [2.05, 4.69) is 10.6 Å².